The molecule has 2 N–H and O–H groups in total. The predicted octanol–water partition coefficient (Wildman–Crippen LogP) is 2.76. The Kier molecular flexibility index (Phi) is 4.54. The topological polar surface area (TPSA) is 50.4 Å². The number of nitrogens with one attached hydrogen (secondary N) is 2. The van der Waals surface area contributed by atoms with Crippen LogP contribution in [-0.4, -0.2) is 24.6 Å². The Hall–Kier alpha value is -1.69. The second-order valence-electron chi connectivity index (χ2n) is 5.07. The van der Waals surface area contributed by atoms with Crippen molar-refractivity contribution < 1.29 is 18.3 Å². The Morgan fingerprint density at radius 1 is 1.35 bits per heavy atom. The van der Waals surface area contributed by atoms with Crippen molar-refractivity contribution in [2.75, 3.05) is 11.9 Å². The molecule has 20 heavy (non-hydrogen) atoms. The Morgan fingerprint density at radius 2 is 2.05 bits per heavy atom. The summed E-state index contributed by atoms with van der Waals surface area (Å²) in [6, 6.07) is 5.89. The first-order chi connectivity index (χ1) is 9.49. The number of alkyl halides is 2. The standard InChI is InChI=1S/C14H18F2N2O2/c1-14(8-2-3-9-17-14)12(19)18-10-4-6-11(7-5-10)20-13(15)16/h4-7,13,17H,2-3,8-9H2,1H3,(H,18,19). The van der Waals surface area contributed by atoms with Crippen LogP contribution < -0.4 is 15.4 Å². The van der Waals surface area contributed by atoms with E-state index in [2.05, 4.69) is 15.4 Å². The van der Waals surface area contributed by atoms with Crippen molar-refractivity contribution in [3.05, 3.63) is 24.3 Å². The maximum atomic E-state index is 12.2. The van der Waals surface area contributed by atoms with E-state index >= 15 is 0 Å². The molecule has 0 radical (unpaired) electrons. The van der Waals surface area contributed by atoms with Crippen LogP contribution in [0.5, 0.6) is 5.75 Å². The first-order valence-corrected chi connectivity index (χ1v) is 6.61. The number of benzene rings is 1. The van der Waals surface area contributed by atoms with Crippen molar-refractivity contribution >= 4 is 11.6 Å². The molecule has 1 aliphatic heterocycles. The van der Waals surface area contributed by atoms with Gasteiger partial charge in [0.2, 0.25) is 5.91 Å². The Balaban J connectivity index is 1.97. The minimum Gasteiger partial charge on any atom is -0.435 e. The van der Waals surface area contributed by atoms with Gasteiger partial charge < -0.3 is 15.4 Å². The first-order valence-electron chi connectivity index (χ1n) is 6.61. The normalized spacial score (nSPS) is 22.6. The molecule has 1 aliphatic rings. The summed E-state index contributed by atoms with van der Waals surface area (Å²) in [5.41, 5.74) is -0.0126. The molecule has 4 nitrogen and oxygen atoms in total. The third kappa shape index (κ3) is 3.66. The summed E-state index contributed by atoms with van der Waals surface area (Å²) in [5.74, 6) is -0.0419. The minimum atomic E-state index is -2.85. The highest BCUT2D eigenvalue weighted by Gasteiger charge is 2.34. The fraction of sp³-hybridized carbons (Fsp3) is 0.500. The second kappa shape index (κ2) is 6.17. The number of halogens is 2. The SMILES string of the molecule is CC1(C(=O)Nc2ccc(OC(F)F)cc2)CCCCN1. The number of amides is 1. The third-order valence-electron chi connectivity index (χ3n) is 3.46. The zero-order chi connectivity index (χ0) is 14.6. The molecule has 1 fully saturated rings. The number of hydrogen-bond acceptors (Lipinski definition) is 3. The van der Waals surface area contributed by atoms with Crippen molar-refractivity contribution in [1.82, 2.24) is 5.32 Å². The molecule has 0 aliphatic carbocycles. The van der Waals surface area contributed by atoms with E-state index in [4.69, 9.17) is 0 Å². The van der Waals surface area contributed by atoms with E-state index in [1.54, 1.807) is 12.1 Å². The summed E-state index contributed by atoms with van der Waals surface area (Å²) in [4.78, 5) is 12.2. The molecule has 1 aromatic rings. The molecule has 1 heterocycles. The van der Waals surface area contributed by atoms with Gasteiger partial charge in [0.05, 0.1) is 5.54 Å². The fourth-order valence-electron chi connectivity index (χ4n) is 2.24. The maximum Gasteiger partial charge on any atom is 0.387 e. The van der Waals surface area contributed by atoms with Crippen LogP contribution in [-0.2, 0) is 4.79 Å². The van der Waals surface area contributed by atoms with Crippen LogP contribution in [0, 0.1) is 0 Å². The molecule has 0 aromatic heterocycles. The van der Waals surface area contributed by atoms with Gasteiger partial charge in [-0.05, 0) is 57.0 Å². The Morgan fingerprint density at radius 3 is 2.60 bits per heavy atom. The molecule has 1 aromatic carbocycles. The van der Waals surface area contributed by atoms with Crippen LogP contribution in [0.1, 0.15) is 26.2 Å². The number of rotatable bonds is 4. The van der Waals surface area contributed by atoms with Gasteiger partial charge in [0.25, 0.3) is 0 Å². The lowest BCUT2D eigenvalue weighted by Crippen LogP contribution is -2.54. The molecular weight excluding hydrogens is 266 g/mol. The van der Waals surface area contributed by atoms with Crippen molar-refractivity contribution in [2.45, 2.75) is 38.3 Å². The summed E-state index contributed by atoms with van der Waals surface area (Å²) in [5, 5.41) is 6.01. The van der Waals surface area contributed by atoms with Gasteiger partial charge in [-0.3, -0.25) is 4.79 Å². The van der Waals surface area contributed by atoms with E-state index in [0.29, 0.717) is 5.69 Å². The lowest BCUT2D eigenvalue weighted by atomic mass is 9.90. The molecule has 1 unspecified atom stereocenters. The summed E-state index contributed by atoms with van der Waals surface area (Å²) < 4.78 is 28.3. The van der Waals surface area contributed by atoms with Gasteiger partial charge in [0.15, 0.2) is 0 Å². The second-order valence-corrected chi connectivity index (χ2v) is 5.07. The molecule has 0 spiro atoms. The summed E-state index contributed by atoms with van der Waals surface area (Å²) >= 11 is 0. The number of carbonyl (C=O) groups excluding carboxylic acids is 1. The van der Waals surface area contributed by atoms with Crippen LogP contribution in [0.25, 0.3) is 0 Å². The van der Waals surface area contributed by atoms with E-state index in [-0.39, 0.29) is 11.7 Å². The van der Waals surface area contributed by atoms with Gasteiger partial charge in [0, 0.05) is 5.69 Å². The zero-order valence-corrected chi connectivity index (χ0v) is 11.3. The quantitative estimate of drug-likeness (QED) is 0.894. The molecule has 110 valence electrons. The molecule has 1 amide bonds. The summed E-state index contributed by atoms with van der Waals surface area (Å²) in [7, 11) is 0. The van der Waals surface area contributed by atoms with Crippen LogP contribution in [0.3, 0.4) is 0 Å². The van der Waals surface area contributed by atoms with Gasteiger partial charge in [0.1, 0.15) is 5.75 Å². The van der Waals surface area contributed by atoms with Gasteiger partial charge in [-0.2, -0.15) is 8.78 Å². The third-order valence-corrected chi connectivity index (χ3v) is 3.46. The number of ether oxygens (including phenoxy) is 1. The minimum absolute atomic E-state index is 0.0694. The average molecular weight is 284 g/mol. The van der Waals surface area contributed by atoms with E-state index in [1.165, 1.54) is 12.1 Å². The summed E-state index contributed by atoms with van der Waals surface area (Å²) in [6.45, 7) is -0.151. The van der Waals surface area contributed by atoms with Crippen molar-refractivity contribution in [3.63, 3.8) is 0 Å². The Bertz CT molecular complexity index is 457. The molecule has 0 saturated carbocycles. The highest BCUT2D eigenvalue weighted by Crippen LogP contribution is 2.22. The maximum absolute atomic E-state index is 12.2. The lowest BCUT2D eigenvalue weighted by Gasteiger charge is -2.33. The van der Waals surface area contributed by atoms with Crippen LogP contribution in [0.4, 0.5) is 14.5 Å². The highest BCUT2D eigenvalue weighted by molar-refractivity contribution is 5.97. The zero-order valence-electron chi connectivity index (χ0n) is 11.3. The number of carbonyl (C=O) groups is 1. The van der Waals surface area contributed by atoms with Crippen molar-refractivity contribution in [3.8, 4) is 5.75 Å². The first kappa shape index (κ1) is 14.7. The van der Waals surface area contributed by atoms with Crippen LogP contribution >= 0.6 is 0 Å². The van der Waals surface area contributed by atoms with Crippen LogP contribution in [0.2, 0.25) is 0 Å². The largest absolute Gasteiger partial charge is 0.435 e. The fourth-order valence-corrected chi connectivity index (χ4v) is 2.24. The lowest BCUT2D eigenvalue weighted by molar-refractivity contribution is -0.122. The van der Waals surface area contributed by atoms with Gasteiger partial charge >= 0.3 is 6.61 Å². The highest BCUT2D eigenvalue weighted by atomic mass is 19.3. The number of anilines is 1. The van der Waals surface area contributed by atoms with Crippen molar-refractivity contribution in [2.24, 2.45) is 0 Å². The molecule has 2 rings (SSSR count). The molecule has 1 saturated heterocycles. The Labute approximate surface area is 116 Å². The summed E-state index contributed by atoms with van der Waals surface area (Å²) in [6.07, 6.45) is 2.87. The molecular formula is C14H18F2N2O2. The van der Waals surface area contributed by atoms with Gasteiger partial charge in [-0.1, -0.05) is 0 Å². The van der Waals surface area contributed by atoms with Gasteiger partial charge in [-0.15, -0.1) is 0 Å². The van der Waals surface area contributed by atoms with Gasteiger partial charge in [-0.25, -0.2) is 0 Å². The molecule has 6 heteroatoms. The van der Waals surface area contributed by atoms with E-state index < -0.39 is 12.2 Å². The number of hydrogen-bond donors (Lipinski definition) is 2. The predicted molar refractivity (Wildman–Crippen MR) is 72.0 cm³/mol. The number of piperidine rings is 1. The van der Waals surface area contributed by atoms with Crippen molar-refractivity contribution in [1.29, 1.82) is 0 Å². The average Bonchev–Trinajstić information content (AvgIpc) is 2.41. The smallest absolute Gasteiger partial charge is 0.387 e. The van der Waals surface area contributed by atoms with E-state index in [0.717, 1.165) is 25.8 Å². The van der Waals surface area contributed by atoms with Crippen LogP contribution in [0.15, 0.2) is 24.3 Å². The molecule has 1 atom stereocenters. The van der Waals surface area contributed by atoms with E-state index in [1.807, 2.05) is 6.92 Å². The van der Waals surface area contributed by atoms with E-state index in [9.17, 15) is 13.6 Å². The monoisotopic (exact) mass is 284 g/mol. The molecule has 0 bridgehead atoms.